The number of carbonyl (C=O) groups is 1. The maximum absolute atomic E-state index is 11.9. The molecule has 0 saturated heterocycles. The van der Waals surface area contributed by atoms with Crippen molar-refractivity contribution in [2.45, 2.75) is 39.7 Å². The highest BCUT2D eigenvalue weighted by atomic mass is 16.2. The van der Waals surface area contributed by atoms with Crippen molar-refractivity contribution in [1.82, 2.24) is 4.98 Å². The zero-order chi connectivity index (χ0) is 12.6. The topological polar surface area (TPSA) is 45.2 Å². The van der Waals surface area contributed by atoms with Gasteiger partial charge in [-0.05, 0) is 31.4 Å². The van der Waals surface area contributed by atoms with Crippen LogP contribution in [-0.4, -0.2) is 23.5 Å². The summed E-state index contributed by atoms with van der Waals surface area (Å²) in [4.78, 5) is 18.1. The molecule has 2 rings (SSSR count). The van der Waals surface area contributed by atoms with Crippen LogP contribution in [0.4, 0.5) is 11.5 Å². The smallest absolute Gasteiger partial charge is 0.246 e. The average molecular weight is 233 g/mol. The van der Waals surface area contributed by atoms with Crippen molar-refractivity contribution in [3.8, 4) is 0 Å². The molecule has 0 aliphatic carbocycles. The number of pyridine rings is 1. The molecule has 1 N–H and O–H groups in total. The van der Waals surface area contributed by atoms with Gasteiger partial charge in [0, 0.05) is 12.2 Å². The molecule has 4 nitrogen and oxygen atoms in total. The molecule has 0 unspecified atom stereocenters. The lowest BCUT2D eigenvalue weighted by molar-refractivity contribution is -0.117. The minimum absolute atomic E-state index is 0.107. The number of rotatable bonds is 2. The molecule has 2 heterocycles. The minimum Gasteiger partial charge on any atom is -0.359 e. The molecule has 0 radical (unpaired) electrons. The van der Waals surface area contributed by atoms with E-state index in [0.717, 1.165) is 17.1 Å². The van der Waals surface area contributed by atoms with Crippen LogP contribution in [0.5, 0.6) is 0 Å². The monoisotopic (exact) mass is 233 g/mol. The Kier molecular flexibility index (Phi) is 3.05. The lowest BCUT2D eigenvalue weighted by Crippen LogP contribution is -2.44. The van der Waals surface area contributed by atoms with Gasteiger partial charge in [0.15, 0.2) is 0 Å². The van der Waals surface area contributed by atoms with Crippen molar-refractivity contribution in [3.63, 3.8) is 0 Å². The fourth-order valence-corrected chi connectivity index (χ4v) is 2.05. The van der Waals surface area contributed by atoms with Crippen LogP contribution in [0.1, 0.15) is 39.2 Å². The van der Waals surface area contributed by atoms with Gasteiger partial charge in [-0.25, -0.2) is 4.98 Å². The van der Waals surface area contributed by atoms with Crippen LogP contribution in [0.25, 0.3) is 0 Å². The van der Waals surface area contributed by atoms with Crippen molar-refractivity contribution < 1.29 is 4.79 Å². The highest BCUT2D eigenvalue weighted by Gasteiger charge is 2.27. The third-order valence-electron chi connectivity index (χ3n) is 3.01. The van der Waals surface area contributed by atoms with Gasteiger partial charge in [-0.1, -0.05) is 13.8 Å². The Morgan fingerprint density at radius 2 is 2.06 bits per heavy atom. The van der Waals surface area contributed by atoms with Gasteiger partial charge in [-0.3, -0.25) is 4.79 Å². The Morgan fingerprint density at radius 3 is 2.65 bits per heavy atom. The summed E-state index contributed by atoms with van der Waals surface area (Å²) in [5.41, 5.74) is 2.06. The van der Waals surface area contributed by atoms with E-state index in [4.69, 9.17) is 0 Å². The largest absolute Gasteiger partial charge is 0.359 e. The predicted octanol–water partition coefficient (Wildman–Crippen LogP) is 2.37. The van der Waals surface area contributed by atoms with Gasteiger partial charge in [0.25, 0.3) is 0 Å². The fourth-order valence-electron chi connectivity index (χ4n) is 2.05. The van der Waals surface area contributed by atoms with Crippen LogP contribution in [0.3, 0.4) is 0 Å². The SMILES string of the molecule is CC(C)c1cnc2c(c1)N(C(C)C)C(=O)CN2. The van der Waals surface area contributed by atoms with E-state index in [1.54, 1.807) is 0 Å². The summed E-state index contributed by atoms with van der Waals surface area (Å²) in [5.74, 6) is 1.33. The van der Waals surface area contributed by atoms with Gasteiger partial charge in [-0.15, -0.1) is 0 Å². The molecule has 0 aromatic carbocycles. The Morgan fingerprint density at radius 1 is 1.35 bits per heavy atom. The molecule has 1 aliphatic heterocycles. The molecule has 0 bridgehead atoms. The molecule has 0 atom stereocenters. The maximum Gasteiger partial charge on any atom is 0.246 e. The number of nitrogens with zero attached hydrogens (tertiary/aromatic N) is 2. The van der Waals surface area contributed by atoms with Crippen molar-refractivity contribution in [2.75, 3.05) is 16.8 Å². The van der Waals surface area contributed by atoms with Crippen molar-refractivity contribution in [3.05, 3.63) is 17.8 Å². The van der Waals surface area contributed by atoms with E-state index in [0.29, 0.717) is 12.5 Å². The summed E-state index contributed by atoms with van der Waals surface area (Å²) in [6, 6.07) is 2.23. The predicted molar refractivity (Wildman–Crippen MR) is 69.4 cm³/mol. The number of hydrogen-bond acceptors (Lipinski definition) is 3. The number of amides is 1. The number of fused-ring (bicyclic) bond motifs is 1. The molecular formula is C13H19N3O. The quantitative estimate of drug-likeness (QED) is 0.853. The second-order valence-corrected chi connectivity index (χ2v) is 5.00. The first-order valence-electron chi connectivity index (χ1n) is 6.06. The first-order chi connectivity index (χ1) is 8.00. The second-order valence-electron chi connectivity index (χ2n) is 5.00. The Labute approximate surface area is 102 Å². The molecule has 0 saturated carbocycles. The highest BCUT2D eigenvalue weighted by Crippen LogP contribution is 2.31. The normalized spacial score (nSPS) is 15.2. The lowest BCUT2D eigenvalue weighted by atomic mass is 10.0. The van der Waals surface area contributed by atoms with Crippen molar-refractivity contribution >= 4 is 17.4 Å². The van der Waals surface area contributed by atoms with Gasteiger partial charge in [0.2, 0.25) is 5.91 Å². The van der Waals surface area contributed by atoms with Crippen LogP contribution in [0, 0.1) is 0 Å². The Balaban J connectivity index is 2.48. The van der Waals surface area contributed by atoms with E-state index in [1.807, 2.05) is 24.9 Å². The third kappa shape index (κ3) is 2.12. The third-order valence-corrected chi connectivity index (χ3v) is 3.01. The van der Waals surface area contributed by atoms with E-state index < -0.39 is 0 Å². The molecule has 17 heavy (non-hydrogen) atoms. The van der Waals surface area contributed by atoms with Crippen LogP contribution < -0.4 is 10.2 Å². The fraction of sp³-hybridized carbons (Fsp3) is 0.538. The average Bonchev–Trinajstić information content (AvgIpc) is 2.27. The molecule has 0 fully saturated rings. The zero-order valence-corrected chi connectivity index (χ0v) is 10.8. The Bertz CT molecular complexity index is 440. The first kappa shape index (κ1) is 11.9. The lowest BCUT2D eigenvalue weighted by Gasteiger charge is -2.33. The standard InChI is InChI=1S/C13H19N3O/c1-8(2)10-5-11-13(14-6-10)15-7-12(17)16(11)9(3)4/h5-6,8-9H,7H2,1-4H3,(H,14,15). The molecule has 4 heteroatoms. The van der Waals surface area contributed by atoms with E-state index >= 15 is 0 Å². The van der Waals surface area contributed by atoms with Crippen molar-refractivity contribution in [1.29, 1.82) is 0 Å². The van der Waals surface area contributed by atoms with Crippen LogP contribution in [-0.2, 0) is 4.79 Å². The molecular weight excluding hydrogens is 214 g/mol. The Hall–Kier alpha value is -1.58. The molecule has 1 aromatic heterocycles. The summed E-state index contributed by atoms with van der Waals surface area (Å²) in [6.45, 7) is 8.63. The first-order valence-corrected chi connectivity index (χ1v) is 6.06. The number of aromatic nitrogens is 1. The summed E-state index contributed by atoms with van der Waals surface area (Å²) < 4.78 is 0. The number of hydrogen-bond donors (Lipinski definition) is 1. The van der Waals surface area contributed by atoms with Crippen LogP contribution in [0.15, 0.2) is 12.3 Å². The summed E-state index contributed by atoms with van der Waals surface area (Å²) in [7, 11) is 0. The molecule has 92 valence electrons. The van der Waals surface area contributed by atoms with Crippen LogP contribution in [0.2, 0.25) is 0 Å². The zero-order valence-electron chi connectivity index (χ0n) is 10.8. The van der Waals surface area contributed by atoms with Gasteiger partial charge in [0.1, 0.15) is 5.82 Å². The molecule has 1 amide bonds. The maximum atomic E-state index is 11.9. The van der Waals surface area contributed by atoms with Gasteiger partial charge < -0.3 is 10.2 Å². The van der Waals surface area contributed by atoms with Crippen LogP contribution >= 0.6 is 0 Å². The summed E-state index contributed by atoms with van der Waals surface area (Å²) in [6.07, 6.45) is 1.88. The molecule has 1 aliphatic rings. The minimum atomic E-state index is 0.107. The second kappa shape index (κ2) is 4.35. The van der Waals surface area contributed by atoms with E-state index in [1.165, 1.54) is 0 Å². The van der Waals surface area contributed by atoms with Gasteiger partial charge in [0.05, 0.1) is 12.2 Å². The number of nitrogens with one attached hydrogen (secondary N) is 1. The van der Waals surface area contributed by atoms with E-state index in [-0.39, 0.29) is 11.9 Å². The highest BCUT2D eigenvalue weighted by molar-refractivity contribution is 6.02. The number of anilines is 2. The summed E-state index contributed by atoms with van der Waals surface area (Å²) in [5, 5.41) is 3.06. The van der Waals surface area contributed by atoms with Gasteiger partial charge in [-0.2, -0.15) is 0 Å². The van der Waals surface area contributed by atoms with Gasteiger partial charge >= 0.3 is 0 Å². The molecule has 1 aromatic rings. The summed E-state index contributed by atoms with van der Waals surface area (Å²) >= 11 is 0. The van der Waals surface area contributed by atoms with Crippen molar-refractivity contribution in [2.24, 2.45) is 0 Å². The number of carbonyl (C=O) groups excluding carboxylic acids is 1. The van der Waals surface area contributed by atoms with E-state index in [2.05, 4.69) is 30.2 Å². The molecule has 0 spiro atoms. The van der Waals surface area contributed by atoms with E-state index in [9.17, 15) is 4.79 Å².